The van der Waals surface area contributed by atoms with Crippen molar-refractivity contribution in [2.24, 2.45) is 0 Å². The summed E-state index contributed by atoms with van der Waals surface area (Å²) in [5.74, 6) is 2.32. The van der Waals surface area contributed by atoms with E-state index in [0.29, 0.717) is 18.4 Å². The van der Waals surface area contributed by atoms with Crippen LogP contribution in [0.15, 0.2) is 18.2 Å². The molecule has 3 rings (SSSR count). The number of nitrogens with one attached hydrogen (secondary N) is 2. The zero-order valence-corrected chi connectivity index (χ0v) is 12.9. The van der Waals surface area contributed by atoms with Crippen molar-refractivity contribution in [1.29, 1.82) is 0 Å². The van der Waals surface area contributed by atoms with Gasteiger partial charge in [-0.2, -0.15) is 4.98 Å². The summed E-state index contributed by atoms with van der Waals surface area (Å²) in [6, 6.07) is 6.29. The largest absolute Gasteiger partial charge is 0.487 e. The predicted octanol–water partition coefficient (Wildman–Crippen LogP) is 2.20. The number of nitrogens with zero attached hydrogens (tertiary/aromatic N) is 3. The summed E-state index contributed by atoms with van der Waals surface area (Å²) in [6.45, 7) is 4.88. The van der Waals surface area contributed by atoms with Crippen molar-refractivity contribution in [3.63, 3.8) is 0 Å². The first kappa shape index (κ1) is 13.7. The van der Waals surface area contributed by atoms with Gasteiger partial charge in [0.2, 0.25) is 11.9 Å². The molecule has 1 aliphatic heterocycles. The molecule has 1 aromatic heterocycles. The van der Waals surface area contributed by atoms with Gasteiger partial charge in [0.05, 0.1) is 0 Å². The van der Waals surface area contributed by atoms with Crippen molar-refractivity contribution >= 4 is 11.9 Å². The van der Waals surface area contributed by atoms with Crippen LogP contribution in [-0.4, -0.2) is 34.9 Å². The molecule has 0 spiro atoms. The Morgan fingerprint density at radius 1 is 1.38 bits per heavy atom. The van der Waals surface area contributed by atoms with Gasteiger partial charge in [-0.25, -0.2) is 5.10 Å². The lowest BCUT2D eigenvalue weighted by Gasteiger charge is -2.18. The second-order valence-electron chi connectivity index (χ2n) is 6.18. The van der Waals surface area contributed by atoms with Crippen molar-refractivity contribution < 1.29 is 4.74 Å². The highest BCUT2D eigenvalue weighted by atomic mass is 16.5. The molecule has 112 valence electrons. The van der Waals surface area contributed by atoms with Crippen molar-refractivity contribution in [1.82, 2.24) is 15.2 Å². The molecule has 2 aromatic rings. The number of rotatable bonds is 4. The molecule has 1 aliphatic rings. The van der Waals surface area contributed by atoms with Crippen molar-refractivity contribution in [2.75, 3.05) is 24.3 Å². The summed E-state index contributed by atoms with van der Waals surface area (Å²) in [6.07, 6.45) is 0.948. The van der Waals surface area contributed by atoms with Crippen LogP contribution < -0.4 is 15.0 Å². The third-order valence-electron chi connectivity index (χ3n) is 3.49. The molecule has 0 amide bonds. The van der Waals surface area contributed by atoms with E-state index >= 15 is 0 Å². The third-order valence-corrected chi connectivity index (χ3v) is 3.49. The quantitative estimate of drug-likeness (QED) is 0.902. The van der Waals surface area contributed by atoms with Gasteiger partial charge in [-0.05, 0) is 19.4 Å². The molecule has 6 nitrogen and oxygen atoms in total. The molecule has 6 heteroatoms. The number of hydrogen-bond acceptors (Lipinski definition) is 5. The van der Waals surface area contributed by atoms with Crippen LogP contribution in [0.25, 0.3) is 0 Å². The first-order valence-corrected chi connectivity index (χ1v) is 7.08. The van der Waals surface area contributed by atoms with E-state index in [0.717, 1.165) is 17.7 Å². The van der Waals surface area contributed by atoms with Gasteiger partial charge in [-0.3, -0.25) is 0 Å². The van der Waals surface area contributed by atoms with Gasteiger partial charge < -0.3 is 15.0 Å². The second kappa shape index (κ2) is 4.95. The number of ether oxygens (including phenoxy) is 1. The Morgan fingerprint density at radius 2 is 2.19 bits per heavy atom. The third kappa shape index (κ3) is 2.79. The predicted molar refractivity (Wildman–Crippen MR) is 82.9 cm³/mol. The fourth-order valence-corrected chi connectivity index (χ4v) is 2.53. The highest BCUT2D eigenvalue weighted by Crippen LogP contribution is 2.37. The standard InChI is InChI=1S/C15H21N5O/c1-15(2)8-10-6-5-7-11(12(10)21-15)9-16-13-17-14(19-18-13)20(3)4/h5-7H,8-9H2,1-4H3,(H2,16,17,18,19). The molecule has 0 aliphatic carbocycles. The van der Waals surface area contributed by atoms with E-state index in [2.05, 4.69) is 52.5 Å². The molecule has 0 atom stereocenters. The Kier molecular flexibility index (Phi) is 3.23. The molecule has 2 N–H and O–H groups in total. The molecule has 0 unspecified atom stereocenters. The Balaban J connectivity index is 1.73. The molecule has 0 radical (unpaired) electrons. The van der Waals surface area contributed by atoms with E-state index < -0.39 is 0 Å². The van der Waals surface area contributed by atoms with Gasteiger partial charge in [0, 0.05) is 32.6 Å². The van der Waals surface area contributed by atoms with Gasteiger partial charge in [0.15, 0.2) is 0 Å². The van der Waals surface area contributed by atoms with E-state index in [1.54, 1.807) is 0 Å². The SMILES string of the molecule is CN(C)c1n[nH]c(NCc2cccc3c2OC(C)(C)C3)n1. The van der Waals surface area contributed by atoms with Crippen LogP contribution in [0.1, 0.15) is 25.0 Å². The van der Waals surface area contributed by atoms with Crippen molar-refractivity contribution in [2.45, 2.75) is 32.4 Å². The highest BCUT2D eigenvalue weighted by Gasteiger charge is 2.31. The Morgan fingerprint density at radius 3 is 2.90 bits per heavy atom. The number of fused-ring (bicyclic) bond motifs is 1. The van der Waals surface area contributed by atoms with Crippen LogP contribution in [0.2, 0.25) is 0 Å². The average Bonchev–Trinajstić information content (AvgIpc) is 2.98. The molecule has 2 heterocycles. The normalized spacial score (nSPS) is 15.4. The van der Waals surface area contributed by atoms with E-state index in [1.165, 1.54) is 5.56 Å². The number of aromatic amines is 1. The highest BCUT2D eigenvalue weighted by molar-refractivity contribution is 5.47. The number of benzene rings is 1. The summed E-state index contributed by atoms with van der Waals surface area (Å²) in [4.78, 5) is 6.21. The van der Waals surface area contributed by atoms with Crippen LogP contribution in [0.5, 0.6) is 5.75 Å². The Bertz CT molecular complexity index is 647. The van der Waals surface area contributed by atoms with Crippen LogP contribution >= 0.6 is 0 Å². The topological polar surface area (TPSA) is 66.1 Å². The first-order valence-electron chi connectivity index (χ1n) is 7.08. The molecular formula is C15H21N5O. The van der Waals surface area contributed by atoms with E-state index in [9.17, 15) is 0 Å². The molecule has 21 heavy (non-hydrogen) atoms. The summed E-state index contributed by atoms with van der Waals surface area (Å²) in [5, 5.41) is 10.3. The van der Waals surface area contributed by atoms with Crippen LogP contribution in [0, 0.1) is 0 Å². The van der Waals surface area contributed by atoms with Gasteiger partial charge in [0.1, 0.15) is 11.4 Å². The minimum atomic E-state index is -0.122. The lowest BCUT2D eigenvalue weighted by Crippen LogP contribution is -2.25. The summed E-state index contributed by atoms with van der Waals surface area (Å²) in [5.41, 5.74) is 2.29. The zero-order valence-electron chi connectivity index (χ0n) is 12.9. The number of aromatic nitrogens is 3. The van der Waals surface area contributed by atoms with Crippen molar-refractivity contribution in [3.05, 3.63) is 29.3 Å². The monoisotopic (exact) mass is 287 g/mol. The maximum absolute atomic E-state index is 6.06. The zero-order chi connectivity index (χ0) is 15.0. The van der Waals surface area contributed by atoms with Crippen molar-refractivity contribution in [3.8, 4) is 5.75 Å². The second-order valence-corrected chi connectivity index (χ2v) is 6.18. The number of H-pyrrole nitrogens is 1. The molecule has 1 aromatic carbocycles. The van der Waals surface area contributed by atoms with Gasteiger partial charge in [-0.1, -0.05) is 18.2 Å². The minimum Gasteiger partial charge on any atom is -0.487 e. The number of hydrogen-bond donors (Lipinski definition) is 2. The summed E-state index contributed by atoms with van der Waals surface area (Å²) in [7, 11) is 3.82. The number of anilines is 2. The summed E-state index contributed by atoms with van der Waals surface area (Å²) >= 11 is 0. The lowest BCUT2D eigenvalue weighted by molar-refractivity contribution is 0.137. The van der Waals surface area contributed by atoms with Crippen LogP contribution in [0.4, 0.5) is 11.9 Å². The number of para-hydroxylation sites is 1. The smallest absolute Gasteiger partial charge is 0.245 e. The van der Waals surface area contributed by atoms with Gasteiger partial charge in [0.25, 0.3) is 0 Å². The maximum atomic E-state index is 6.06. The average molecular weight is 287 g/mol. The van der Waals surface area contributed by atoms with Crippen LogP contribution in [0.3, 0.4) is 0 Å². The Hall–Kier alpha value is -2.24. The Labute approximate surface area is 124 Å². The molecular weight excluding hydrogens is 266 g/mol. The fraction of sp³-hybridized carbons (Fsp3) is 0.467. The van der Waals surface area contributed by atoms with Gasteiger partial charge >= 0.3 is 0 Å². The van der Waals surface area contributed by atoms with E-state index in [-0.39, 0.29) is 5.60 Å². The molecule has 0 bridgehead atoms. The minimum absolute atomic E-state index is 0.122. The van der Waals surface area contributed by atoms with E-state index in [1.807, 2.05) is 19.0 Å². The van der Waals surface area contributed by atoms with Crippen LogP contribution in [-0.2, 0) is 13.0 Å². The van der Waals surface area contributed by atoms with E-state index in [4.69, 9.17) is 4.74 Å². The molecule has 0 fully saturated rings. The fourth-order valence-electron chi connectivity index (χ4n) is 2.53. The molecule has 0 saturated heterocycles. The molecule has 0 saturated carbocycles. The summed E-state index contributed by atoms with van der Waals surface area (Å²) < 4.78 is 6.06. The lowest BCUT2D eigenvalue weighted by atomic mass is 10.0. The maximum Gasteiger partial charge on any atom is 0.245 e. The van der Waals surface area contributed by atoms with Gasteiger partial charge in [-0.15, -0.1) is 5.10 Å². The first-order chi connectivity index (χ1) is 9.94.